The van der Waals surface area contributed by atoms with Crippen molar-refractivity contribution in [3.63, 3.8) is 0 Å². The van der Waals surface area contributed by atoms with Crippen molar-refractivity contribution < 1.29 is 19.0 Å². The zero-order valence-corrected chi connectivity index (χ0v) is 18.2. The number of halogens is 1. The molecule has 3 aromatic rings. The van der Waals surface area contributed by atoms with Gasteiger partial charge in [0.1, 0.15) is 5.82 Å². The molecule has 3 rings (SSSR count). The van der Waals surface area contributed by atoms with E-state index in [0.29, 0.717) is 17.7 Å². The molecule has 0 aliphatic rings. The molecule has 6 heteroatoms. The quantitative estimate of drug-likeness (QED) is 0.417. The van der Waals surface area contributed by atoms with Crippen LogP contribution in [0.25, 0.3) is 22.0 Å². The fourth-order valence-corrected chi connectivity index (χ4v) is 4.50. The number of benzene rings is 2. The molecule has 4 nitrogen and oxygen atoms in total. The van der Waals surface area contributed by atoms with E-state index in [4.69, 9.17) is 4.98 Å². The lowest BCUT2D eigenvalue weighted by molar-refractivity contribution is 0.190. The lowest BCUT2D eigenvalue weighted by Gasteiger charge is -2.16. The van der Waals surface area contributed by atoms with Crippen molar-refractivity contribution in [1.29, 1.82) is 0 Å². The second-order valence-corrected chi connectivity index (χ2v) is 9.60. The van der Waals surface area contributed by atoms with Gasteiger partial charge in [-0.2, -0.15) is 0 Å². The summed E-state index contributed by atoms with van der Waals surface area (Å²) in [6, 6.07) is 13.7. The Hall–Kier alpha value is -2.51. The molecule has 0 saturated carbocycles. The summed E-state index contributed by atoms with van der Waals surface area (Å²) in [5.74, 6) is 2.57. The first kappa shape index (κ1) is 22.2. The van der Waals surface area contributed by atoms with E-state index in [9.17, 15) is 19.0 Å². The monoisotopic (exact) mass is 425 g/mol. The van der Waals surface area contributed by atoms with Gasteiger partial charge in [0.15, 0.2) is 0 Å². The standard InChI is InChI=1S/C24H25FNO3P/c1-4-19(27)15-30(28,29)14-13-21-23(17-9-11-18(25)12-10-17)20-7-5-6-8-22(20)26-24(21)16(2)3/h5-12,16,19,27H,4,15H2,1-3H3,(H,28,29)/t19-/m0/s1. The van der Waals surface area contributed by atoms with Crippen molar-refractivity contribution in [2.24, 2.45) is 0 Å². The highest BCUT2D eigenvalue weighted by atomic mass is 31.2. The largest absolute Gasteiger partial charge is 0.393 e. The molecule has 0 radical (unpaired) electrons. The third kappa shape index (κ3) is 4.96. The maximum Gasteiger partial charge on any atom is 0.274 e. The van der Waals surface area contributed by atoms with Crippen molar-refractivity contribution in [2.75, 3.05) is 6.16 Å². The molecular formula is C24H25FNO3P. The minimum absolute atomic E-state index is 0.0115. The molecule has 0 saturated heterocycles. The van der Waals surface area contributed by atoms with E-state index in [2.05, 4.69) is 11.6 Å². The summed E-state index contributed by atoms with van der Waals surface area (Å²) < 4.78 is 26.1. The maximum absolute atomic E-state index is 13.5. The molecule has 156 valence electrons. The fourth-order valence-electron chi connectivity index (χ4n) is 3.30. The summed E-state index contributed by atoms with van der Waals surface area (Å²) in [4.78, 5) is 15.0. The number of nitrogens with zero attached hydrogens (tertiary/aromatic N) is 1. The molecule has 0 fully saturated rings. The van der Waals surface area contributed by atoms with Gasteiger partial charge in [-0.05, 0) is 41.8 Å². The molecule has 1 heterocycles. The Balaban J connectivity index is 2.30. The Kier molecular flexibility index (Phi) is 6.73. The highest BCUT2D eigenvalue weighted by molar-refractivity contribution is 7.63. The van der Waals surface area contributed by atoms with Crippen LogP contribution in [0.4, 0.5) is 4.39 Å². The summed E-state index contributed by atoms with van der Waals surface area (Å²) in [7, 11) is -3.86. The van der Waals surface area contributed by atoms with Crippen LogP contribution in [-0.2, 0) is 4.57 Å². The molecule has 0 amide bonds. The first-order valence-corrected chi connectivity index (χ1v) is 11.8. The van der Waals surface area contributed by atoms with E-state index >= 15 is 0 Å². The number of para-hydroxylation sites is 1. The highest BCUT2D eigenvalue weighted by Gasteiger charge is 2.21. The van der Waals surface area contributed by atoms with Crippen molar-refractivity contribution >= 4 is 18.3 Å². The highest BCUT2D eigenvalue weighted by Crippen LogP contribution is 2.41. The smallest absolute Gasteiger partial charge is 0.274 e. The van der Waals surface area contributed by atoms with Gasteiger partial charge in [0.25, 0.3) is 7.37 Å². The number of rotatable bonds is 5. The van der Waals surface area contributed by atoms with Crippen molar-refractivity contribution in [3.05, 3.63) is 65.6 Å². The topological polar surface area (TPSA) is 70.4 Å². The zero-order valence-electron chi connectivity index (χ0n) is 17.3. The molecule has 1 unspecified atom stereocenters. The van der Waals surface area contributed by atoms with Gasteiger partial charge >= 0.3 is 0 Å². The van der Waals surface area contributed by atoms with E-state index < -0.39 is 13.5 Å². The van der Waals surface area contributed by atoms with E-state index in [1.165, 1.54) is 12.1 Å². The Morgan fingerprint density at radius 3 is 2.43 bits per heavy atom. The minimum atomic E-state index is -3.86. The maximum atomic E-state index is 13.5. The molecule has 2 aromatic carbocycles. The third-order valence-electron chi connectivity index (χ3n) is 4.89. The number of hydrogen-bond donors (Lipinski definition) is 2. The zero-order chi connectivity index (χ0) is 21.9. The van der Waals surface area contributed by atoms with E-state index in [1.807, 2.05) is 38.1 Å². The molecule has 0 aliphatic carbocycles. The number of pyridine rings is 1. The normalized spacial score (nSPS) is 14.2. The van der Waals surface area contributed by atoms with Gasteiger partial charge in [0.05, 0.1) is 29.0 Å². The Bertz CT molecular complexity index is 1160. The Labute approximate surface area is 176 Å². The van der Waals surface area contributed by atoms with Crippen molar-refractivity contribution in [2.45, 2.75) is 39.2 Å². The predicted octanol–water partition coefficient (Wildman–Crippen LogP) is 5.51. The first-order valence-electron chi connectivity index (χ1n) is 9.93. The summed E-state index contributed by atoms with van der Waals surface area (Å²) in [5, 5.41) is 10.6. The molecule has 0 spiro atoms. The van der Waals surface area contributed by atoms with Crippen LogP contribution in [0.5, 0.6) is 0 Å². The summed E-state index contributed by atoms with van der Waals surface area (Å²) in [6.07, 6.45) is -0.784. The van der Waals surface area contributed by atoms with Crippen LogP contribution in [0.3, 0.4) is 0 Å². The number of aliphatic hydroxyl groups excluding tert-OH is 1. The van der Waals surface area contributed by atoms with E-state index in [1.54, 1.807) is 19.1 Å². The number of aromatic nitrogens is 1. The Morgan fingerprint density at radius 2 is 1.80 bits per heavy atom. The predicted molar refractivity (Wildman–Crippen MR) is 119 cm³/mol. The second kappa shape index (κ2) is 9.10. The molecule has 0 aliphatic heterocycles. The second-order valence-electron chi connectivity index (χ2n) is 7.61. The Morgan fingerprint density at radius 1 is 1.13 bits per heavy atom. The molecule has 2 N–H and O–H groups in total. The van der Waals surface area contributed by atoms with Gasteiger partial charge in [-0.15, -0.1) is 0 Å². The number of fused-ring (bicyclic) bond motifs is 1. The van der Waals surface area contributed by atoms with Crippen molar-refractivity contribution in [3.8, 4) is 22.7 Å². The van der Waals surface area contributed by atoms with Gasteiger partial charge in [0, 0.05) is 10.9 Å². The van der Waals surface area contributed by atoms with Crippen LogP contribution >= 0.6 is 7.37 Å². The van der Waals surface area contributed by atoms with Gasteiger partial charge in [-0.1, -0.05) is 57.0 Å². The molecule has 1 aromatic heterocycles. The average molecular weight is 425 g/mol. The lowest BCUT2D eigenvalue weighted by atomic mass is 9.91. The molecule has 2 atom stereocenters. The van der Waals surface area contributed by atoms with Crippen LogP contribution in [-0.4, -0.2) is 27.2 Å². The van der Waals surface area contributed by atoms with E-state index in [0.717, 1.165) is 22.0 Å². The van der Waals surface area contributed by atoms with E-state index in [-0.39, 0.29) is 17.9 Å². The molecule has 0 bridgehead atoms. The summed E-state index contributed by atoms with van der Waals surface area (Å²) >= 11 is 0. The fraction of sp³-hybridized carbons (Fsp3) is 0.292. The SMILES string of the molecule is CC[C@H](O)CP(=O)(O)C#Cc1c(C(C)C)nc2ccccc2c1-c1ccc(F)cc1. The van der Waals surface area contributed by atoms with Gasteiger partial charge in [0.2, 0.25) is 0 Å². The third-order valence-corrected chi connectivity index (χ3v) is 6.26. The van der Waals surface area contributed by atoms with Gasteiger partial charge in [-0.3, -0.25) is 9.55 Å². The number of hydrogen-bond acceptors (Lipinski definition) is 3. The van der Waals surface area contributed by atoms with Crippen LogP contribution in [0.15, 0.2) is 48.5 Å². The van der Waals surface area contributed by atoms with Crippen LogP contribution < -0.4 is 0 Å². The average Bonchev–Trinajstić information content (AvgIpc) is 2.71. The van der Waals surface area contributed by atoms with Gasteiger partial charge < -0.3 is 10.00 Å². The van der Waals surface area contributed by atoms with Crippen molar-refractivity contribution in [1.82, 2.24) is 4.98 Å². The summed E-state index contributed by atoms with van der Waals surface area (Å²) in [5.41, 5.74) is 6.05. The number of aliphatic hydroxyl groups is 1. The van der Waals surface area contributed by atoms with Crippen LogP contribution in [0.2, 0.25) is 0 Å². The molecular weight excluding hydrogens is 400 g/mol. The molecule has 30 heavy (non-hydrogen) atoms. The summed E-state index contributed by atoms with van der Waals surface area (Å²) in [6.45, 7) is 5.71. The first-order chi connectivity index (χ1) is 14.2. The van der Waals surface area contributed by atoms with Gasteiger partial charge in [-0.25, -0.2) is 4.39 Å². The minimum Gasteiger partial charge on any atom is -0.393 e. The van der Waals surface area contributed by atoms with Crippen LogP contribution in [0.1, 0.15) is 44.4 Å². The van der Waals surface area contributed by atoms with Crippen LogP contribution in [0, 0.1) is 17.4 Å². The lowest BCUT2D eigenvalue weighted by Crippen LogP contribution is -2.10.